The summed E-state index contributed by atoms with van der Waals surface area (Å²) in [6, 6.07) is 15.8. The molecule has 1 N–H and O–H groups in total. The Morgan fingerprint density at radius 2 is 1.84 bits per heavy atom. The van der Waals surface area contributed by atoms with Crippen molar-refractivity contribution in [1.82, 2.24) is 14.8 Å². The SMILES string of the molecule is Cc1ccc(-n2c(C)nnc2SCC(=S)Nc2ccccc2Cl)cc1. The van der Waals surface area contributed by atoms with Crippen molar-refractivity contribution in [2.75, 3.05) is 11.1 Å². The lowest BCUT2D eigenvalue weighted by Crippen LogP contribution is -2.12. The minimum Gasteiger partial charge on any atom is -0.348 e. The fourth-order valence-electron chi connectivity index (χ4n) is 2.31. The molecule has 0 bridgehead atoms. The average molecular weight is 389 g/mol. The van der Waals surface area contributed by atoms with Crippen LogP contribution in [0, 0.1) is 13.8 Å². The van der Waals surface area contributed by atoms with Crippen molar-refractivity contribution in [3.05, 3.63) is 64.9 Å². The Morgan fingerprint density at radius 3 is 2.56 bits per heavy atom. The summed E-state index contributed by atoms with van der Waals surface area (Å²) in [6.45, 7) is 4.01. The van der Waals surface area contributed by atoms with Gasteiger partial charge in [-0.05, 0) is 38.1 Å². The minimum atomic E-state index is 0.588. The predicted molar refractivity (Wildman–Crippen MR) is 109 cm³/mol. The molecule has 2 aromatic carbocycles. The number of nitrogens with zero attached hydrogens (tertiary/aromatic N) is 3. The van der Waals surface area contributed by atoms with Crippen LogP contribution in [-0.2, 0) is 0 Å². The van der Waals surface area contributed by atoms with Gasteiger partial charge in [-0.1, -0.05) is 65.4 Å². The van der Waals surface area contributed by atoms with Crippen molar-refractivity contribution < 1.29 is 0 Å². The van der Waals surface area contributed by atoms with Crippen LogP contribution in [0.1, 0.15) is 11.4 Å². The van der Waals surface area contributed by atoms with Gasteiger partial charge in [0.25, 0.3) is 0 Å². The molecule has 0 saturated heterocycles. The van der Waals surface area contributed by atoms with Crippen molar-refractivity contribution in [2.45, 2.75) is 19.0 Å². The van der Waals surface area contributed by atoms with Crippen molar-refractivity contribution in [1.29, 1.82) is 0 Å². The zero-order valence-electron chi connectivity index (χ0n) is 13.9. The Bertz CT molecular complexity index is 890. The number of aromatic nitrogens is 3. The summed E-state index contributed by atoms with van der Waals surface area (Å²) < 4.78 is 2.03. The average Bonchev–Trinajstić information content (AvgIpc) is 2.97. The van der Waals surface area contributed by atoms with Gasteiger partial charge in [-0.3, -0.25) is 4.57 Å². The number of para-hydroxylation sites is 1. The molecule has 128 valence electrons. The Kier molecular flexibility index (Phi) is 5.73. The van der Waals surface area contributed by atoms with E-state index in [-0.39, 0.29) is 0 Å². The third-order valence-corrected chi connectivity index (χ3v) is 5.28. The standard InChI is InChI=1S/C18H17ClN4S2/c1-12-7-9-14(10-8-12)23-13(2)21-22-18(23)25-11-17(24)20-16-6-4-3-5-15(16)19/h3-10H,11H2,1-2H3,(H,20,24). The van der Waals surface area contributed by atoms with E-state index < -0.39 is 0 Å². The van der Waals surface area contributed by atoms with E-state index in [1.165, 1.54) is 5.56 Å². The molecule has 3 aromatic rings. The molecule has 3 rings (SSSR count). The van der Waals surface area contributed by atoms with Gasteiger partial charge in [-0.25, -0.2) is 0 Å². The molecule has 0 aliphatic carbocycles. The van der Waals surface area contributed by atoms with Gasteiger partial charge in [0, 0.05) is 5.69 Å². The first kappa shape index (κ1) is 17.9. The summed E-state index contributed by atoms with van der Waals surface area (Å²) in [4.78, 5) is 0.689. The summed E-state index contributed by atoms with van der Waals surface area (Å²) in [5, 5.41) is 13.1. The van der Waals surface area contributed by atoms with Gasteiger partial charge in [0.1, 0.15) is 5.82 Å². The molecule has 0 aliphatic rings. The number of hydrogen-bond acceptors (Lipinski definition) is 4. The van der Waals surface area contributed by atoms with Gasteiger partial charge in [0.2, 0.25) is 0 Å². The quantitative estimate of drug-likeness (QED) is 0.488. The third-order valence-electron chi connectivity index (χ3n) is 3.57. The smallest absolute Gasteiger partial charge is 0.196 e. The predicted octanol–water partition coefficient (Wildman–Crippen LogP) is 5.07. The molecule has 0 saturated carbocycles. The zero-order chi connectivity index (χ0) is 17.8. The van der Waals surface area contributed by atoms with Gasteiger partial charge in [0.15, 0.2) is 5.16 Å². The fourth-order valence-corrected chi connectivity index (χ4v) is 3.57. The highest BCUT2D eigenvalue weighted by Gasteiger charge is 2.12. The third kappa shape index (κ3) is 4.39. The Labute approximate surface area is 161 Å². The molecule has 0 spiro atoms. The molecule has 1 heterocycles. The number of halogens is 1. The van der Waals surface area contributed by atoms with E-state index in [1.54, 1.807) is 11.8 Å². The fraction of sp³-hybridized carbons (Fsp3) is 0.167. The van der Waals surface area contributed by atoms with Crippen LogP contribution < -0.4 is 5.32 Å². The number of thiocarbonyl (C=S) groups is 1. The van der Waals surface area contributed by atoms with Crippen LogP contribution in [0.3, 0.4) is 0 Å². The van der Waals surface area contributed by atoms with Crippen molar-refractivity contribution in [2.24, 2.45) is 0 Å². The van der Waals surface area contributed by atoms with E-state index in [4.69, 9.17) is 23.8 Å². The molecule has 1 aromatic heterocycles. The van der Waals surface area contributed by atoms with Crippen LogP contribution in [0.5, 0.6) is 0 Å². The summed E-state index contributed by atoms with van der Waals surface area (Å²) in [5.74, 6) is 1.43. The van der Waals surface area contributed by atoms with Gasteiger partial charge in [0.05, 0.1) is 21.5 Å². The van der Waals surface area contributed by atoms with E-state index in [2.05, 4.69) is 46.7 Å². The topological polar surface area (TPSA) is 42.7 Å². The number of aryl methyl sites for hydroxylation is 2. The monoisotopic (exact) mass is 388 g/mol. The van der Waals surface area contributed by atoms with Crippen LogP contribution in [0.2, 0.25) is 5.02 Å². The first-order valence-corrected chi connectivity index (χ1v) is 9.48. The van der Waals surface area contributed by atoms with Crippen molar-refractivity contribution >= 4 is 46.3 Å². The second kappa shape index (κ2) is 7.99. The summed E-state index contributed by atoms with van der Waals surface area (Å²) >= 11 is 13.1. The Morgan fingerprint density at radius 1 is 1.12 bits per heavy atom. The molecule has 0 radical (unpaired) electrons. The molecular formula is C18H17ClN4S2. The number of hydrogen-bond donors (Lipinski definition) is 1. The van der Waals surface area contributed by atoms with E-state index in [0.29, 0.717) is 15.8 Å². The van der Waals surface area contributed by atoms with E-state index >= 15 is 0 Å². The maximum Gasteiger partial charge on any atom is 0.196 e. The van der Waals surface area contributed by atoms with Crippen LogP contribution in [-0.4, -0.2) is 25.5 Å². The number of thioether (sulfide) groups is 1. The molecule has 0 unspecified atom stereocenters. The first-order chi connectivity index (χ1) is 12.0. The molecule has 0 fully saturated rings. The maximum absolute atomic E-state index is 6.15. The van der Waals surface area contributed by atoms with Crippen LogP contribution in [0.25, 0.3) is 5.69 Å². The van der Waals surface area contributed by atoms with E-state index in [1.807, 2.05) is 35.8 Å². The van der Waals surface area contributed by atoms with Crippen LogP contribution in [0.4, 0.5) is 5.69 Å². The van der Waals surface area contributed by atoms with E-state index in [9.17, 15) is 0 Å². The minimum absolute atomic E-state index is 0.588. The van der Waals surface area contributed by atoms with Crippen LogP contribution in [0.15, 0.2) is 53.7 Å². The number of anilines is 1. The van der Waals surface area contributed by atoms with Gasteiger partial charge >= 0.3 is 0 Å². The molecule has 25 heavy (non-hydrogen) atoms. The largest absolute Gasteiger partial charge is 0.348 e. The lowest BCUT2D eigenvalue weighted by molar-refractivity contribution is 0.869. The molecule has 0 aliphatic heterocycles. The highest BCUT2D eigenvalue weighted by Crippen LogP contribution is 2.24. The number of rotatable bonds is 5. The summed E-state index contributed by atoms with van der Waals surface area (Å²) in [5.41, 5.74) is 3.07. The lowest BCUT2D eigenvalue weighted by Gasteiger charge is -2.11. The highest BCUT2D eigenvalue weighted by molar-refractivity contribution is 8.01. The molecule has 4 nitrogen and oxygen atoms in total. The second-order valence-corrected chi connectivity index (χ2v) is 7.36. The van der Waals surface area contributed by atoms with Crippen molar-refractivity contribution in [3.8, 4) is 5.69 Å². The highest BCUT2D eigenvalue weighted by atomic mass is 35.5. The molecule has 0 atom stereocenters. The second-order valence-electron chi connectivity index (χ2n) is 5.52. The van der Waals surface area contributed by atoms with Crippen molar-refractivity contribution in [3.63, 3.8) is 0 Å². The normalized spacial score (nSPS) is 10.7. The summed E-state index contributed by atoms with van der Waals surface area (Å²) in [7, 11) is 0. The van der Waals surface area contributed by atoms with Gasteiger partial charge in [-0.2, -0.15) is 0 Å². The van der Waals surface area contributed by atoms with Gasteiger partial charge in [-0.15, -0.1) is 10.2 Å². The first-order valence-electron chi connectivity index (χ1n) is 7.71. The zero-order valence-corrected chi connectivity index (χ0v) is 16.3. The Hall–Kier alpha value is -1.89. The lowest BCUT2D eigenvalue weighted by atomic mass is 10.2. The maximum atomic E-state index is 6.15. The molecule has 7 heteroatoms. The number of nitrogens with one attached hydrogen (secondary N) is 1. The molecular weight excluding hydrogens is 372 g/mol. The van der Waals surface area contributed by atoms with Crippen LogP contribution >= 0.6 is 35.6 Å². The number of benzene rings is 2. The molecule has 0 amide bonds. The van der Waals surface area contributed by atoms with E-state index in [0.717, 1.165) is 22.4 Å². The summed E-state index contributed by atoms with van der Waals surface area (Å²) in [6.07, 6.45) is 0. The Balaban J connectivity index is 1.71. The van der Waals surface area contributed by atoms with Gasteiger partial charge < -0.3 is 5.32 Å².